The number of hydrogen-bond acceptors (Lipinski definition) is 4. The summed E-state index contributed by atoms with van der Waals surface area (Å²) in [6.07, 6.45) is 1.10. The van der Waals surface area contributed by atoms with Gasteiger partial charge in [-0.15, -0.1) is 12.4 Å². The summed E-state index contributed by atoms with van der Waals surface area (Å²) in [7, 11) is -3.51. The molecule has 0 atom stereocenters. The number of aryl methyl sites for hydroxylation is 2. The van der Waals surface area contributed by atoms with Crippen LogP contribution in [0.1, 0.15) is 24.0 Å². The van der Waals surface area contributed by atoms with Crippen LogP contribution in [0.15, 0.2) is 23.1 Å². The first-order valence-corrected chi connectivity index (χ1v) is 9.35. The van der Waals surface area contributed by atoms with Crippen molar-refractivity contribution in [1.82, 2.24) is 9.21 Å². The second kappa shape index (κ2) is 8.80. The molecule has 0 aliphatic carbocycles. The number of nitrogens with zero attached hydrogens (tertiary/aromatic N) is 2. The predicted octanol–water partition coefficient (Wildman–Crippen LogP) is 1.30. The number of piperazine rings is 1. The summed E-state index contributed by atoms with van der Waals surface area (Å²) in [6, 6.07) is 5.45. The van der Waals surface area contributed by atoms with E-state index in [9.17, 15) is 13.2 Å². The van der Waals surface area contributed by atoms with E-state index in [0.29, 0.717) is 50.5 Å². The molecule has 1 aromatic carbocycles. The third kappa shape index (κ3) is 4.69. The van der Waals surface area contributed by atoms with E-state index in [1.165, 1.54) is 4.31 Å². The van der Waals surface area contributed by atoms with E-state index < -0.39 is 10.0 Å². The third-order valence-electron chi connectivity index (χ3n) is 4.15. The second-order valence-electron chi connectivity index (χ2n) is 5.95. The lowest BCUT2D eigenvalue weighted by Crippen LogP contribution is -2.50. The second-order valence-corrected chi connectivity index (χ2v) is 7.85. The van der Waals surface area contributed by atoms with Gasteiger partial charge in [-0.1, -0.05) is 12.1 Å². The highest BCUT2D eigenvalue weighted by Gasteiger charge is 2.30. The molecule has 0 saturated carbocycles. The summed E-state index contributed by atoms with van der Waals surface area (Å²) in [5.74, 6) is 0.0548. The monoisotopic (exact) mass is 375 g/mol. The van der Waals surface area contributed by atoms with Gasteiger partial charge in [0.05, 0.1) is 4.90 Å². The molecule has 0 aromatic heterocycles. The maximum atomic E-state index is 12.8. The first kappa shape index (κ1) is 20.9. The van der Waals surface area contributed by atoms with Gasteiger partial charge in [0, 0.05) is 32.6 Å². The van der Waals surface area contributed by atoms with Crippen LogP contribution >= 0.6 is 12.4 Å². The Kier molecular flexibility index (Phi) is 7.66. The summed E-state index contributed by atoms with van der Waals surface area (Å²) in [6.45, 7) is 5.73. The average Bonchev–Trinajstić information content (AvgIpc) is 2.54. The lowest BCUT2D eigenvalue weighted by Gasteiger charge is -2.34. The van der Waals surface area contributed by atoms with Crippen LogP contribution in [0.3, 0.4) is 0 Å². The minimum Gasteiger partial charge on any atom is -0.340 e. The van der Waals surface area contributed by atoms with Crippen molar-refractivity contribution in [3.05, 3.63) is 29.3 Å². The molecule has 6 nitrogen and oxygen atoms in total. The van der Waals surface area contributed by atoms with Gasteiger partial charge in [-0.25, -0.2) is 8.42 Å². The molecule has 2 N–H and O–H groups in total. The van der Waals surface area contributed by atoms with Crippen molar-refractivity contribution in [3.8, 4) is 0 Å². The van der Waals surface area contributed by atoms with E-state index in [4.69, 9.17) is 5.73 Å². The number of nitrogens with two attached hydrogens (primary N) is 1. The molecule has 1 aliphatic heterocycles. The smallest absolute Gasteiger partial charge is 0.243 e. The molecular formula is C16H26ClN3O3S. The van der Waals surface area contributed by atoms with Crippen molar-refractivity contribution in [2.24, 2.45) is 5.73 Å². The van der Waals surface area contributed by atoms with Gasteiger partial charge < -0.3 is 10.6 Å². The number of carbonyl (C=O) groups excluding carboxylic acids is 1. The van der Waals surface area contributed by atoms with Crippen molar-refractivity contribution in [2.45, 2.75) is 31.6 Å². The van der Waals surface area contributed by atoms with Crippen LogP contribution in [0.4, 0.5) is 0 Å². The summed E-state index contributed by atoms with van der Waals surface area (Å²) < 4.78 is 27.1. The van der Waals surface area contributed by atoms with Gasteiger partial charge in [0.1, 0.15) is 0 Å². The molecule has 136 valence electrons. The van der Waals surface area contributed by atoms with Gasteiger partial charge in [0.2, 0.25) is 15.9 Å². The molecule has 0 bridgehead atoms. The van der Waals surface area contributed by atoms with Gasteiger partial charge in [0.25, 0.3) is 0 Å². The number of halogens is 1. The third-order valence-corrected chi connectivity index (χ3v) is 6.19. The van der Waals surface area contributed by atoms with E-state index in [-0.39, 0.29) is 18.3 Å². The highest BCUT2D eigenvalue weighted by Crippen LogP contribution is 2.22. The Morgan fingerprint density at radius 2 is 1.79 bits per heavy atom. The largest absolute Gasteiger partial charge is 0.340 e. The van der Waals surface area contributed by atoms with E-state index in [2.05, 4.69) is 0 Å². The molecule has 2 rings (SSSR count). The Balaban J connectivity index is 0.00000288. The number of amides is 1. The Labute approximate surface area is 150 Å². The lowest BCUT2D eigenvalue weighted by atomic mass is 10.2. The van der Waals surface area contributed by atoms with Crippen LogP contribution in [0.5, 0.6) is 0 Å². The molecule has 1 saturated heterocycles. The number of benzene rings is 1. The molecule has 0 unspecified atom stereocenters. The van der Waals surface area contributed by atoms with Crippen molar-refractivity contribution >= 4 is 28.3 Å². The van der Waals surface area contributed by atoms with E-state index in [1.54, 1.807) is 17.9 Å². The minimum absolute atomic E-state index is 0. The zero-order valence-electron chi connectivity index (χ0n) is 14.2. The average molecular weight is 376 g/mol. The highest BCUT2D eigenvalue weighted by atomic mass is 35.5. The summed E-state index contributed by atoms with van der Waals surface area (Å²) >= 11 is 0. The summed E-state index contributed by atoms with van der Waals surface area (Å²) in [5.41, 5.74) is 7.09. The van der Waals surface area contributed by atoms with Crippen LogP contribution in [0, 0.1) is 13.8 Å². The Morgan fingerprint density at radius 1 is 1.17 bits per heavy atom. The molecule has 1 aliphatic rings. The highest BCUT2D eigenvalue weighted by molar-refractivity contribution is 7.89. The first-order valence-electron chi connectivity index (χ1n) is 7.91. The Morgan fingerprint density at radius 3 is 2.38 bits per heavy atom. The van der Waals surface area contributed by atoms with Crippen LogP contribution in [-0.4, -0.2) is 56.3 Å². The quantitative estimate of drug-likeness (QED) is 0.840. The van der Waals surface area contributed by atoms with Crippen LogP contribution in [0.2, 0.25) is 0 Å². The molecule has 24 heavy (non-hydrogen) atoms. The van der Waals surface area contributed by atoms with Gasteiger partial charge >= 0.3 is 0 Å². The Hall–Kier alpha value is -1.15. The fourth-order valence-corrected chi connectivity index (χ4v) is 4.45. The lowest BCUT2D eigenvalue weighted by molar-refractivity contribution is -0.132. The first-order chi connectivity index (χ1) is 10.9. The molecule has 1 fully saturated rings. The number of hydrogen-bond donors (Lipinski definition) is 1. The van der Waals surface area contributed by atoms with Crippen molar-refractivity contribution < 1.29 is 13.2 Å². The fourth-order valence-electron chi connectivity index (χ4n) is 2.71. The van der Waals surface area contributed by atoms with Crippen LogP contribution in [0.25, 0.3) is 0 Å². The van der Waals surface area contributed by atoms with E-state index in [0.717, 1.165) is 11.1 Å². The maximum absolute atomic E-state index is 12.8. The normalized spacial score (nSPS) is 15.9. The van der Waals surface area contributed by atoms with Gasteiger partial charge in [-0.3, -0.25) is 4.79 Å². The number of rotatable bonds is 5. The fraction of sp³-hybridized carbons (Fsp3) is 0.562. The topological polar surface area (TPSA) is 83.7 Å². The van der Waals surface area contributed by atoms with Gasteiger partial charge in [0.15, 0.2) is 0 Å². The Bertz CT molecular complexity index is 671. The number of carbonyl (C=O) groups is 1. The summed E-state index contributed by atoms with van der Waals surface area (Å²) in [4.78, 5) is 14.1. The predicted molar refractivity (Wildman–Crippen MR) is 96.8 cm³/mol. The van der Waals surface area contributed by atoms with Crippen molar-refractivity contribution in [3.63, 3.8) is 0 Å². The van der Waals surface area contributed by atoms with Gasteiger partial charge in [-0.05, 0) is 44.0 Å². The number of sulfonamides is 1. The minimum atomic E-state index is -3.51. The van der Waals surface area contributed by atoms with Crippen LogP contribution in [-0.2, 0) is 14.8 Å². The zero-order chi connectivity index (χ0) is 17.0. The van der Waals surface area contributed by atoms with E-state index in [1.807, 2.05) is 19.1 Å². The molecule has 1 aromatic rings. The van der Waals surface area contributed by atoms with Crippen molar-refractivity contribution in [1.29, 1.82) is 0 Å². The standard InChI is InChI=1S/C16H25N3O3S.ClH/c1-13-5-6-14(2)15(12-13)23(21,22)19-10-8-18(9-11-19)16(20)4-3-7-17;/h5-6,12H,3-4,7-11,17H2,1-2H3;1H. The van der Waals surface area contributed by atoms with Crippen molar-refractivity contribution in [2.75, 3.05) is 32.7 Å². The maximum Gasteiger partial charge on any atom is 0.243 e. The summed E-state index contributed by atoms with van der Waals surface area (Å²) in [5, 5.41) is 0. The van der Waals surface area contributed by atoms with Crippen LogP contribution < -0.4 is 5.73 Å². The molecule has 8 heteroatoms. The van der Waals surface area contributed by atoms with Gasteiger partial charge in [-0.2, -0.15) is 4.31 Å². The van der Waals surface area contributed by atoms with E-state index >= 15 is 0 Å². The molecule has 0 radical (unpaired) electrons. The zero-order valence-corrected chi connectivity index (χ0v) is 15.8. The SMILES string of the molecule is Cc1ccc(C)c(S(=O)(=O)N2CCN(C(=O)CCCN)CC2)c1.Cl. The molecule has 0 spiro atoms. The molecule has 1 amide bonds. The molecule has 1 heterocycles. The molecular weight excluding hydrogens is 350 g/mol.